The Hall–Kier alpha value is -2.49. The largest absolute Gasteiger partial charge is 0.480 e. The number of carboxylic acids is 1. The number of esters is 1. The second-order valence-corrected chi connectivity index (χ2v) is 5.20. The van der Waals surface area contributed by atoms with Crippen LogP contribution in [0.3, 0.4) is 0 Å². The Kier molecular flexibility index (Phi) is 10.6. The van der Waals surface area contributed by atoms with Crippen LogP contribution in [-0.2, 0) is 35.0 Å². The van der Waals surface area contributed by atoms with Crippen molar-refractivity contribution in [2.75, 3.05) is 39.6 Å². The maximum atomic E-state index is 12.2. The maximum Gasteiger partial charge on any atom is 0.329 e. The molecule has 1 rings (SSSR count). The SMILES string of the molecule is O=C(O)COCCOC(=O)[C@H](Cc1ccccc1)NC(=O)COCCO. The number of hydrogen-bond acceptors (Lipinski definition) is 7. The van der Waals surface area contributed by atoms with Gasteiger partial charge in [-0.05, 0) is 5.56 Å². The Morgan fingerprint density at radius 2 is 1.69 bits per heavy atom. The summed E-state index contributed by atoms with van der Waals surface area (Å²) in [5.74, 6) is -2.30. The Labute approximate surface area is 150 Å². The van der Waals surface area contributed by atoms with Gasteiger partial charge in [-0.1, -0.05) is 30.3 Å². The molecule has 0 unspecified atom stereocenters. The minimum atomic E-state index is -1.12. The molecule has 0 saturated carbocycles. The lowest BCUT2D eigenvalue weighted by Crippen LogP contribution is -2.45. The van der Waals surface area contributed by atoms with E-state index in [1.807, 2.05) is 30.3 Å². The molecule has 9 heteroatoms. The molecular formula is C17H23NO8. The number of aliphatic carboxylic acids is 1. The first-order valence-electron chi connectivity index (χ1n) is 8.01. The van der Waals surface area contributed by atoms with Crippen molar-refractivity contribution in [3.05, 3.63) is 35.9 Å². The molecule has 0 bridgehead atoms. The van der Waals surface area contributed by atoms with E-state index in [1.165, 1.54) is 0 Å². The van der Waals surface area contributed by atoms with Crippen LogP contribution >= 0.6 is 0 Å². The highest BCUT2D eigenvalue weighted by Crippen LogP contribution is 2.05. The van der Waals surface area contributed by atoms with Crippen LogP contribution in [0.1, 0.15) is 5.56 Å². The zero-order valence-electron chi connectivity index (χ0n) is 14.3. The van der Waals surface area contributed by atoms with Crippen LogP contribution < -0.4 is 5.32 Å². The Bertz CT molecular complexity index is 563. The van der Waals surface area contributed by atoms with Gasteiger partial charge in [-0.25, -0.2) is 9.59 Å². The van der Waals surface area contributed by atoms with Crippen LogP contribution in [0.25, 0.3) is 0 Å². The number of carboxylic acid groups (broad SMARTS) is 1. The summed E-state index contributed by atoms with van der Waals surface area (Å²) in [4.78, 5) is 34.4. The van der Waals surface area contributed by atoms with Crippen LogP contribution in [0.2, 0.25) is 0 Å². The molecule has 1 atom stereocenters. The molecule has 0 saturated heterocycles. The Morgan fingerprint density at radius 1 is 1.00 bits per heavy atom. The summed E-state index contributed by atoms with van der Waals surface area (Å²) in [5, 5.41) is 19.6. The molecule has 0 fully saturated rings. The summed E-state index contributed by atoms with van der Waals surface area (Å²) < 4.78 is 14.7. The van der Waals surface area contributed by atoms with Crippen LogP contribution in [-0.4, -0.2) is 73.7 Å². The molecule has 0 aliphatic heterocycles. The van der Waals surface area contributed by atoms with E-state index in [2.05, 4.69) is 5.32 Å². The summed E-state index contributed by atoms with van der Waals surface area (Å²) in [6.07, 6.45) is 0.224. The number of nitrogens with one attached hydrogen (secondary N) is 1. The molecule has 1 amide bonds. The third-order valence-electron chi connectivity index (χ3n) is 3.07. The van der Waals surface area contributed by atoms with Gasteiger partial charge in [-0.15, -0.1) is 0 Å². The highest BCUT2D eigenvalue weighted by Gasteiger charge is 2.22. The number of aliphatic hydroxyl groups excluding tert-OH is 1. The smallest absolute Gasteiger partial charge is 0.329 e. The minimum Gasteiger partial charge on any atom is -0.480 e. The Balaban J connectivity index is 2.54. The first kappa shape index (κ1) is 21.6. The van der Waals surface area contributed by atoms with E-state index in [0.717, 1.165) is 5.56 Å². The van der Waals surface area contributed by atoms with E-state index in [-0.39, 0.29) is 39.5 Å². The van der Waals surface area contributed by atoms with Crippen LogP contribution in [0, 0.1) is 0 Å². The van der Waals surface area contributed by atoms with E-state index in [1.54, 1.807) is 0 Å². The number of aliphatic hydroxyl groups is 1. The molecule has 0 aliphatic rings. The lowest BCUT2D eigenvalue weighted by molar-refractivity contribution is -0.151. The zero-order chi connectivity index (χ0) is 19.2. The molecule has 3 N–H and O–H groups in total. The molecule has 0 aliphatic carbocycles. The third kappa shape index (κ3) is 9.72. The second-order valence-electron chi connectivity index (χ2n) is 5.20. The lowest BCUT2D eigenvalue weighted by Gasteiger charge is -2.18. The fourth-order valence-corrected chi connectivity index (χ4v) is 1.97. The van der Waals surface area contributed by atoms with Crippen molar-refractivity contribution in [2.24, 2.45) is 0 Å². The van der Waals surface area contributed by atoms with Crippen molar-refractivity contribution in [3.8, 4) is 0 Å². The molecule has 1 aromatic rings. The van der Waals surface area contributed by atoms with E-state index in [9.17, 15) is 14.4 Å². The van der Waals surface area contributed by atoms with E-state index < -0.39 is 30.5 Å². The normalized spacial score (nSPS) is 11.6. The summed E-state index contributed by atoms with van der Waals surface area (Å²) in [7, 11) is 0. The Morgan fingerprint density at radius 3 is 2.35 bits per heavy atom. The molecule has 26 heavy (non-hydrogen) atoms. The molecule has 9 nitrogen and oxygen atoms in total. The molecule has 0 aromatic heterocycles. The summed E-state index contributed by atoms with van der Waals surface area (Å²) >= 11 is 0. The van der Waals surface area contributed by atoms with Crippen molar-refractivity contribution in [2.45, 2.75) is 12.5 Å². The fraction of sp³-hybridized carbons (Fsp3) is 0.471. The quantitative estimate of drug-likeness (QED) is 0.309. The van der Waals surface area contributed by atoms with Gasteiger partial charge in [-0.2, -0.15) is 0 Å². The van der Waals surface area contributed by atoms with E-state index >= 15 is 0 Å². The average molecular weight is 369 g/mol. The number of carbonyl (C=O) groups excluding carboxylic acids is 2. The van der Waals surface area contributed by atoms with Gasteiger partial charge in [-0.3, -0.25) is 4.79 Å². The van der Waals surface area contributed by atoms with Crippen molar-refractivity contribution in [3.63, 3.8) is 0 Å². The predicted octanol–water partition coefficient (Wildman–Crippen LogP) is -0.633. The fourth-order valence-electron chi connectivity index (χ4n) is 1.97. The van der Waals surface area contributed by atoms with Gasteiger partial charge >= 0.3 is 11.9 Å². The monoisotopic (exact) mass is 369 g/mol. The standard InChI is InChI=1S/C17H23NO8/c19-6-7-24-11-15(20)18-14(10-13-4-2-1-3-5-13)17(23)26-9-8-25-12-16(21)22/h1-5,14,19H,6-12H2,(H,18,20)(H,21,22)/t14-/m0/s1. The molecule has 1 aromatic carbocycles. The molecule has 0 heterocycles. The average Bonchev–Trinajstić information content (AvgIpc) is 2.61. The third-order valence-corrected chi connectivity index (χ3v) is 3.07. The topological polar surface area (TPSA) is 131 Å². The van der Waals surface area contributed by atoms with Gasteiger partial charge in [0.2, 0.25) is 5.91 Å². The second kappa shape index (κ2) is 12.8. The number of carbonyl (C=O) groups is 3. The summed E-state index contributed by atoms with van der Waals surface area (Å²) in [6, 6.07) is 8.14. The highest BCUT2D eigenvalue weighted by molar-refractivity contribution is 5.85. The zero-order valence-corrected chi connectivity index (χ0v) is 14.3. The molecule has 144 valence electrons. The number of amides is 1. The van der Waals surface area contributed by atoms with Gasteiger partial charge in [0.25, 0.3) is 0 Å². The number of benzene rings is 1. The number of ether oxygens (including phenoxy) is 3. The van der Waals surface area contributed by atoms with Crippen molar-refractivity contribution in [1.82, 2.24) is 5.32 Å². The number of rotatable bonds is 13. The molecular weight excluding hydrogens is 346 g/mol. The summed E-state index contributed by atoms with van der Waals surface area (Å²) in [6.45, 7) is -1.16. The summed E-state index contributed by atoms with van der Waals surface area (Å²) in [5.41, 5.74) is 0.827. The number of hydrogen-bond donors (Lipinski definition) is 3. The van der Waals surface area contributed by atoms with Gasteiger partial charge in [0.15, 0.2) is 0 Å². The van der Waals surface area contributed by atoms with E-state index in [4.69, 9.17) is 24.4 Å². The van der Waals surface area contributed by atoms with Gasteiger partial charge in [0.1, 0.15) is 25.9 Å². The maximum absolute atomic E-state index is 12.2. The van der Waals surface area contributed by atoms with Gasteiger partial charge in [0.05, 0.1) is 19.8 Å². The molecule has 0 spiro atoms. The van der Waals surface area contributed by atoms with Crippen molar-refractivity contribution < 1.29 is 38.8 Å². The first-order valence-corrected chi connectivity index (χ1v) is 8.01. The lowest BCUT2D eigenvalue weighted by atomic mass is 10.1. The van der Waals surface area contributed by atoms with Crippen LogP contribution in [0.15, 0.2) is 30.3 Å². The first-order chi connectivity index (χ1) is 12.5. The highest BCUT2D eigenvalue weighted by atomic mass is 16.6. The predicted molar refractivity (Wildman–Crippen MR) is 89.4 cm³/mol. The van der Waals surface area contributed by atoms with Crippen molar-refractivity contribution >= 4 is 17.8 Å². The van der Waals surface area contributed by atoms with Gasteiger partial charge < -0.3 is 29.7 Å². The van der Waals surface area contributed by atoms with Crippen molar-refractivity contribution in [1.29, 1.82) is 0 Å². The van der Waals surface area contributed by atoms with E-state index in [0.29, 0.717) is 0 Å². The minimum absolute atomic E-state index is 0.0160. The van der Waals surface area contributed by atoms with Crippen LogP contribution in [0.4, 0.5) is 0 Å². The molecule has 0 radical (unpaired) electrons. The van der Waals surface area contributed by atoms with Crippen LogP contribution in [0.5, 0.6) is 0 Å². The van der Waals surface area contributed by atoms with Gasteiger partial charge in [0, 0.05) is 6.42 Å².